The number of alkyl halides is 2. The van der Waals surface area contributed by atoms with Crippen LogP contribution in [0.3, 0.4) is 0 Å². The van der Waals surface area contributed by atoms with Crippen molar-refractivity contribution in [3.05, 3.63) is 0 Å². The van der Waals surface area contributed by atoms with E-state index in [-0.39, 0.29) is 6.42 Å². The summed E-state index contributed by atoms with van der Waals surface area (Å²) in [5.74, 6) is -2.92. The second kappa shape index (κ2) is 2.19. The lowest BCUT2D eigenvalue weighted by molar-refractivity contribution is -0.120. The second-order valence-corrected chi connectivity index (χ2v) is 2.24. The SMILES string of the molecule is O[C@@H]1CCNCC1(F)F. The van der Waals surface area contributed by atoms with Gasteiger partial charge in [0.25, 0.3) is 5.92 Å². The van der Waals surface area contributed by atoms with Crippen LogP contribution in [0.1, 0.15) is 6.42 Å². The molecule has 0 unspecified atom stereocenters. The molecule has 2 N–H and O–H groups in total. The maximum Gasteiger partial charge on any atom is 0.285 e. The molecule has 0 amide bonds. The van der Waals surface area contributed by atoms with Gasteiger partial charge in [-0.3, -0.25) is 0 Å². The molecule has 9 heavy (non-hydrogen) atoms. The molecule has 0 spiro atoms. The highest BCUT2D eigenvalue weighted by atomic mass is 19.3. The van der Waals surface area contributed by atoms with Crippen LogP contribution < -0.4 is 5.32 Å². The van der Waals surface area contributed by atoms with Crippen molar-refractivity contribution in [2.75, 3.05) is 13.1 Å². The molecule has 1 heterocycles. The van der Waals surface area contributed by atoms with Crippen molar-refractivity contribution in [1.29, 1.82) is 0 Å². The molecule has 0 saturated carbocycles. The van der Waals surface area contributed by atoms with E-state index in [9.17, 15) is 8.78 Å². The molecule has 1 saturated heterocycles. The van der Waals surface area contributed by atoms with Crippen LogP contribution in [0.5, 0.6) is 0 Å². The van der Waals surface area contributed by atoms with E-state index in [1.165, 1.54) is 0 Å². The molecule has 1 aliphatic rings. The highest BCUT2D eigenvalue weighted by Gasteiger charge is 2.39. The van der Waals surface area contributed by atoms with Crippen LogP contribution in [0.2, 0.25) is 0 Å². The van der Waals surface area contributed by atoms with Crippen molar-refractivity contribution >= 4 is 0 Å². The van der Waals surface area contributed by atoms with Crippen LogP contribution in [0.15, 0.2) is 0 Å². The largest absolute Gasteiger partial charge is 0.387 e. The second-order valence-electron chi connectivity index (χ2n) is 2.24. The summed E-state index contributed by atoms with van der Waals surface area (Å²) >= 11 is 0. The van der Waals surface area contributed by atoms with E-state index >= 15 is 0 Å². The molecule has 4 heteroatoms. The summed E-state index contributed by atoms with van der Waals surface area (Å²) in [5, 5.41) is 11.1. The summed E-state index contributed by atoms with van der Waals surface area (Å²) < 4.78 is 24.6. The quantitative estimate of drug-likeness (QED) is 0.491. The van der Waals surface area contributed by atoms with E-state index in [1.807, 2.05) is 0 Å². The van der Waals surface area contributed by atoms with E-state index in [2.05, 4.69) is 5.32 Å². The summed E-state index contributed by atoms with van der Waals surface area (Å²) in [6.07, 6.45) is -1.30. The average molecular weight is 137 g/mol. The van der Waals surface area contributed by atoms with Gasteiger partial charge in [0.15, 0.2) is 0 Å². The summed E-state index contributed by atoms with van der Waals surface area (Å²) in [6, 6.07) is 0. The van der Waals surface area contributed by atoms with Gasteiger partial charge in [0.1, 0.15) is 6.10 Å². The predicted octanol–water partition coefficient (Wildman–Crippen LogP) is -0.0241. The molecule has 0 aromatic rings. The van der Waals surface area contributed by atoms with Gasteiger partial charge in [-0.05, 0) is 13.0 Å². The van der Waals surface area contributed by atoms with Crippen molar-refractivity contribution in [1.82, 2.24) is 5.32 Å². The Balaban J connectivity index is 2.49. The van der Waals surface area contributed by atoms with Crippen molar-refractivity contribution in [3.63, 3.8) is 0 Å². The van der Waals surface area contributed by atoms with Gasteiger partial charge in [0, 0.05) is 0 Å². The standard InChI is InChI=1S/C5H9F2NO/c6-5(7)3-8-2-1-4(5)9/h4,8-9H,1-3H2/t4-/m1/s1. The fourth-order valence-electron chi connectivity index (χ4n) is 0.823. The zero-order valence-corrected chi connectivity index (χ0v) is 4.90. The number of rotatable bonds is 0. The lowest BCUT2D eigenvalue weighted by atomic mass is 10.1. The summed E-state index contributed by atoms with van der Waals surface area (Å²) in [6.45, 7) is 0.0882. The molecule has 2 nitrogen and oxygen atoms in total. The van der Waals surface area contributed by atoms with Crippen molar-refractivity contribution < 1.29 is 13.9 Å². The Bertz CT molecular complexity index is 107. The van der Waals surface area contributed by atoms with Crippen molar-refractivity contribution in [2.45, 2.75) is 18.4 Å². The minimum Gasteiger partial charge on any atom is -0.387 e. The monoisotopic (exact) mass is 137 g/mol. The number of aliphatic hydroxyl groups excluding tert-OH is 1. The number of halogens is 2. The van der Waals surface area contributed by atoms with Crippen LogP contribution in [-0.2, 0) is 0 Å². The maximum atomic E-state index is 12.3. The Hall–Kier alpha value is -0.220. The van der Waals surface area contributed by atoms with Gasteiger partial charge in [0.2, 0.25) is 0 Å². The third-order valence-corrected chi connectivity index (χ3v) is 1.44. The highest BCUT2D eigenvalue weighted by molar-refractivity contribution is 4.83. The minimum atomic E-state index is -2.92. The van der Waals surface area contributed by atoms with Crippen LogP contribution in [0.25, 0.3) is 0 Å². The third kappa shape index (κ3) is 1.37. The van der Waals surface area contributed by atoms with Gasteiger partial charge in [-0.25, -0.2) is 8.78 Å². The molecular formula is C5H9F2NO. The average Bonchev–Trinajstić information content (AvgIpc) is 1.77. The van der Waals surface area contributed by atoms with Gasteiger partial charge >= 0.3 is 0 Å². The molecular weight excluding hydrogens is 128 g/mol. The molecule has 1 fully saturated rings. The Labute approximate surface area is 51.9 Å². The predicted molar refractivity (Wildman–Crippen MR) is 28.4 cm³/mol. The molecule has 0 radical (unpaired) electrons. The van der Waals surface area contributed by atoms with Crippen molar-refractivity contribution in [2.24, 2.45) is 0 Å². The maximum absolute atomic E-state index is 12.3. The molecule has 0 aromatic carbocycles. The molecule has 0 aliphatic carbocycles. The number of nitrogens with one attached hydrogen (secondary N) is 1. The first-order valence-electron chi connectivity index (χ1n) is 2.89. The first-order valence-corrected chi connectivity index (χ1v) is 2.89. The molecule has 0 bridgehead atoms. The number of hydrogen-bond donors (Lipinski definition) is 2. The number of hydrogen-bond acceptors (Lipinski definition) is 2. The fourth-order valence-corrected chi connectivity index (χ4v) is 0.823. The van der Waals surface area contributed by atoms with Crippen LogP contribution >= 0.6 is 0 Å². The van der Waals surface area contributed by atoms with Crippen molar-refractivity contribution in [3.8, 4) is 0 Å². The van der Waals surface area contributed by atoms with Gasteiger partial charge in [0.05, 0.1) is 6.54 Å². The van der Waals surface area contributed by atoms with E-state index in [1.54, 1.807) is 0 Å². The van der Waals surface area contributed by atoms with E-state index in [4.69, 9.17) is 5.11 Å². The van der Waals surface area contributed by atoms with Gasteiger partial charge in [-0.2, -0.15) is 0 Å². The van der Waals surface area contributed by atoms with Gasteiger partial charge in [-0.1, -0.05) is 0 Å². The zero-order valence-electron chi connectivity index (χ0n) is 4.90. The van der Waals surface area contributed by atoms with Gasteiger partial charge in [-0.15, -0.1) is 0 Å². The lowest BCUT2D eigenvalue weighted by Gasteiger charge is -2.27. The molecule has 1 atom stereocenters. The molecule has 1 rings (SSSR count). The summed E-state index contributed by atoms with van der Waals surface area (Å²) in [4.78, 5) is 0. The first kappa shape index (κ1) is 6.89. The highest BCUT2D eigenvalue weighted by Crippen LogP contribution is 2.22. The summed E-state index contributed by atoms with van der Waals surface area (Å²) in [5.41, 5.74) is 0. The Morgan fingerprint density at radius 2 is 2.22 bits per heavy atom. The normalized spacial score (nSPS) is 34.3. The van der Waals surface area contributed by atoms with Crippen LogP contribution in [0.4, 0.5) is 8.78 Å². The van der Waals surface area contributed by atoms with Crippen LogP contribution in [0, 0.1) is 0 Å². The van der Waals surface area contributed by atoms with E-state index in [0.29, 0.717) is 6.54 Å². The third-order valence-electron chi connectivity index (χ3n) is 1.44. The first-order chi connectivity index (χ1) is 4.13. The molecule has 1 aliphatic heterocycles. The molecule has 54 valence electrons. The number of aliphatic hydroxyl groups is 1. The fraction of sp³-hybridized carbons (Fsp3) is 1.00. The Morgan fingerprint density at radius 1 is 1.56 bits per heavy atom. The topological polar surface area (TPSA) is 32.3 Å². The van der Waals surface area contributed by atoms with E-state index < -0.39 is 18.6 Å². The van der Waals surface area contributed by atoms with E-state index in [0.717, 1.165) is 0 Å². The Morgan fingerprint density at radius 3 is 2.56 bits per heavy atom. The minimum absolute atomic E-state index is 0.146. The zero-order chi connectivity index (χ0) is 6.91. The lowest BCUT2D eigenvalue weighted by Crippen LogP contribution is -2.49. The Kier molecular flexibility index (Phi) is 1.68. The summed E-state index contributed by atoms with van der Waals surface area (Å²) in [7, 11) is 0. The molecule has 0 aromatic heterocycles. The van der Waals surface area contributed by atoms with Crippen LogP contribution in [-0.4, -0.2) is 30.2 Å². The smallest absolute Gasteiger partial charge is 0.285 e. The number of piperidine rings is 1. The van der Waals surface area contributed by atoms with Gasteiger partial charge < -0.3 is 10.4 Å².